The van der Waals surface area contributed by atoms with Gasteiger partial charge in [-0.2, -0.15) is 5.10 Å². The van der Waals surface area contributed by atoms with Gasteiger partial charge in [0.15, 0.2) is 17.3 Å². The summed E-state index contributed by atoms with van der Waals surface area (Å²) in [5.41, 5.74) is 7.86. The van der Waals surface area contributed by atoms with Crippen molar-refractivity contribution in [3.05, 3.63) is 54.0 Å². The van der Waals surface area contributed by atoms with Crippen LogP contribution in [0.2, 0.25) is 0 Å². The first-order chi connectivity index (χ1) is 11.7. The molecule has 0 aliphatic carbocycles. The molecule has 0 unspecified atom stereocenters. The van der Waals surface area contributed by atoms with Gasteiger partial charge in [0.1, 0.15) is 11.5 Å². The Bertz CT molecular complexity index is 804. The molecule has 0 fully saturated rings. The molecule has 0 aliphatic rings. The van der Waals surface area contributed by atoms with E-state index in [9.17, 15) is 0 Å². The largest absolute Gasteiger partial charge is 0.493 e. The third kappa shape index (κ3) is 3.21. The molecule has 0 saturated heterocycles. The van der Waals surface area contributed by atoms with Crippen LogP contribution in [0, 0.1) is 0 Å². The van der Waals surface area contributed by atoms with E-state index in [0.29, 0.717) is 35.4 Å². The molecule has 0 radical (unpaired) electrons. The van der Waals surface area contributed by atoms with Crippen LogP contribution in [0.3, 0.4) is 0 Å². The Labute approximate surface area is 139 Å². The van der Waals surface area contributed by atoms with Crippen LogP contribution in [0.4, 0.5) is 0 Å². The van der Waals surface area contributed by atoms with Crippen LogP contribution in [0.1, 0.15) is 24.4 Å². The number of nitrogens with two attached hydrogens (primary N) is 1. The van der Waals surface area contributed by atoms with Crippen LogP contribution in [0.15, 0.2) is 42.6 Å². The number of pyridine rings is 1. The van der Waals surface area contributed by atoms with Gasteiger partial charge in [0, 0.05) is 6.20 Å². The standard InChI is InChI=1S/C17H19N5O2/c1-3-24-14-10-11(7-8-13(14)23-2)15(18)17-20-16(21-22-17)12-6-4-5-9-19-12/h4-10,15H,3,18H2,1-2H3,(H,20,21,22)/t15-/m1/s1. The Balaban J connectivity index is 1.88. The summed E-state index contributed by atoms with van der Waals surface area (Å²) in [6.07, 6.45) is 1.70. The van der Waals surface area contributed by atoms with Gasteiger partial charge in [-0.3, -0.25) is 10.1 Å². The van der Waals surface area contributed by atoms with Gasteiger partial charge in [-0.25, -0.2) is 4.98 Å². The molecule has 124 valence electrons. The fourth-order valence-corrected chi connectivity index (χ4v) is 2.34. The SMILES string of the molecule is CCOc1cc([C@@H](N)c2nc(-c3ccccn3)n[nH]2)ccc1OC. The molecule has 2 aromatic heterocycles. The Morgan fingerprint density at radius 1 is 1.21 bits per heavy atom. The van der Waals surface area contributed by atoms with E-state index >= 15 is 0 Å². The van der Waals surface area contributed by atoms with Crippen molar-refractivity contribution in [3.8, 4) is 23.0 Å². The number of H-pyrrole nitrogens is 1. The average Bonchev–Trinajstić information content (AvgIpc) is 3.12. The van der Waals surface area contributed by atoms with E-state index in [0.717, 1.165) is 5.56 Å². The summed E-state index contributed by atoms with van der Waals surface area (Å²) in [4.78, 5) is 8.68. The van der Waals surface area contributed by atoms with Crippen molar-refractivity contribution < 1.29 is 9.47 Å². The molecule has 0 amide bonds. The number of nitrogens with zero attached hydrogens (tertiary/aromatic N) is 3. The smallest absolute Gasteiger partial charge is 0.199 e. The molecule has 3 aromatic rings. The van der Waals surface area contributed by atoms with Crippen molar-refractivity contribution in [2.24, 2.45) is 5.73 Å². The lowest BCUT2D eigenvalue weighted by Gasteiger charge is -2.14. The molecule has 0 bridgehead atoms. The molecule has 7 heteroatoms. The van der Waals surface area contributed by atoms with Crippen LogP contribution < -0.4 is 15.2 Å². The molecule has 24 heavy (non-hydrogen) atoms. The predicted molar refractivity (Wildman–Crippen MR) is 89.8 cm³/mol. The number of benzene rings is 1. The summed E-state index contributed by atoms with van der Waals surface area (Å²) >= 11 is 0. The zero-order valence-corrected chi connectivity index (χ0v) is 13.6. The van der Waals surface area contributed by atoms with E-state index in [2.05, 4.69) is 20.2 Å². The number of aromatic amines is 1. The van der Waals surface area contributed by atoms with E-state index in [1.165, 1.54) is 0 Å². The zero-order valence-electron chi connectivity index (χ0n) is 13.6. The van der Waals surface area contributed by atoms with Crippen molar-refractivity contribution in [2.45, 2.75) is 13.0 Å². The second kappa shape index (κ2) is 7.10. The topological polar surface area (TPSA) is 98.9 Å². The second-order valence-electron chi connectivity index (χ2n) is 5.08. The molecule has 3 rings (SSSR count). The molecule has 0 aliphatic heterocycles. The van der Waals surface area contributed by atoms with Crippen molar-refractivity contribution in [2.75, 3.05) is 13.7 Å². The van der Waals surface area contributed by atoms with Gasteiger partial charge < -0.3 is 15.2 Å². The molecule has 0 spiro atoms. The van der Waals surface area contributed by atoms with Crippen LogP contribution in [0.25, 0.3) is 11.5 Å². The first kappa shape index (κ1) is 15.9. The van der Waals surface area contributed by atoms with Gasteiger partial charge in [0.2, 0.25) is 0 Å². The van der Waals surface area contributed by atoms with E-state index in [1.54, 1.807) is 13.3 Å². The van der Waals surface area contributed by atoms with Crippen LogP contribution in [-0.4, -0.2) is 33.9 Å². The predicted octanol–water partition coefficient (Wildman–Crippen LogP) is 2.32. The number of nitrogens with one attached hydrogen (secondary N) is 1. The van der Waals surface area contributed by atoms with Gasteiger partial charge >= 0.3 is 0 Å². The van der Waals surface area contributed by atoms with Gasteiger partial charge in [0.25, 0.3) is 0 Å². The maximum atomic E-state index is 6.31. The first-order valence-electron chi connectivity index (χ1n) is 7.63. The quantitative estimate of drug-likeness (QED) is 0.721. The molecule has 1 atom stereocenters. The lowest BCUT2D eigenvalue weighted by atomic mass is 10.1. The van der Waals surface area contributed by atoms with Crippen molar-refractivity contribution in [3.63, 3.8) is 0 Å². The number of hydrogen-bond donors (Lipinski definition) is 2. The molecule has 3 N–H and O–H groups in total. The molecule has 7 nitrogen and oxygen atoms in total. The number of ether oxygens (including phenoxy) is 2. The van der Waals surface area contributed by atoms with E-state index in [4.69, 9.17) is 15.2 Å². The molecule has 0 saturated carbocycles. The molecule has 1 aromatic carbocycles. The number of rotatable bonds is 6. The highest BCUT2D eigenvalue weighted by Gasteiger charge is 2.17. The Kier molecular flexibility index (Phi) is 4.72. The van der Waals surface area contributed by atoms with Crippen molar-refractivity contribution >= 4 is 0 Å². The summed E-state index contributed by atoms with van der Waals surface area (Å²) in [5, 5.41) is 7.08. The summed E-state index contributed by atoms with van der Waals surface area (Å²) < 4.78 is 10.9. The van der Waals surface area contributed by atoms with Crippen LogP contribution in [-0.2, 0) is 0 Å². The first-order valence-corrected chi connectivity index (χ1v) is 7.63. The summed E-state index contributed by atoms with van der Waals surface area (Å²) in [5.74, 6) is 2.39. The summed E-state index contributed by atoms with van der Waals surface area (Å²) in [6, 6.07) is 10.7. The fraction of sp³-hybridized carbons (Fsp3) is 0.235. The van der Waals surface area contributed by atoms with Gasteiger partial charge in [-0.05, 0) is 36.8 Å². The normalized spacial score (nSPS) is 12.0. The summed E-state index contributed by atoms with van der Waals surface area (Å²) in [6.45, 7) is 2.46. The van der Waals surface area contributed by atoms with Crippen LogP contribution >= 0.6 is 0 Å². The Morgan fingerprint density at radius 3 is 2.79 bits per heavy atom. The van der Waals surface area contributed by atoms with E-state index in [1.807, 2.05) is 43.3 Å². The summed E-state index contributed by atoms with van der Waals surface area (Å²) in [7, 11) is 1.60. The lowest BCUT2D eigenvalue weighted by molar-refractivity contribution is 0.310. The lowest BCUT2D eigenvalue weighted by Crippen LogP contribution is -2.14. The Morgan fingerprint density at radius 2 is 2.08 bits per heavy atom. The average molecular weight is 325 g/mol. The van der Waals surface area contributed by atoms with Crippen LogP contribution in [0.5, 0.6) is 11.5 Å². The monoisotopic (exact) mass is 325 g/mol. The Hall–Kier alpha value is -2.93. The highest BCUT2D eigenvalue weighted by Crippen LogP contribution is 2.31. The van der Waals surface area contributed by atoms with Gasteiger partial charge in [-0.15, -0.1) is 0 Å². The molecule has 2 heterocycles. The van der Waals surface area contributed by atoms with Gasteiger partial charge in [-0.1, -0.05) is 12.1 Å². The fourth-order valence-electron chi connectivity index (χ4n) is 2.34. The minimum absolute atomic E-state index is 0.458. The number of hydrogen-bond acceptors (Lipinski definition) is 6. The van der Waals surface area contributed by atoms with E-state index in [-0.39, 0.29) is 0 Å². The second-order valence-corrected chi connectivity index (χ2v) is 5.08. The minimum atomic E-state index is -0.458. The molecular formula is C17H19N5O2. The van der Waals surface area contributed by atoms with Crippen molar-refractivity contribution in [1.29, 1.82) is 0 Å². The molecular weight excluding hydrogens is 306 g/mol. The number of aromatic nitrogens is 4. The highest BCUT2D eigenvalue weighted by atomic mass is 16.5. The third-order valence-corrected chi connectivity index (χ3v) is 3.54. The maximum Gasteiger partial charge on any atom is 0.199 e. The van der Waals surface area contributed by atoms with Gasteiger partial charge in [0.05, 0.1) is 19.8 Å². The highest BCUT2D eigenvalue weighted by molar-refractivity contribution is 5.49. The minimum Gasteiger partial charge on any atom is -0.493 e. The number of methoxy groups -OCH3 is 1. The maximum absolute atomic E-state index is 6.31. The van der Waals surface area contributed by atoms with Crippen molar-refractivity contribution in [1.82, 2.24) is 20.2 Å². The van der Waals surface area contributed by atoms with E-state index < -0.39 is 6.04 Å². The third-order valence-electron chi connectivity index (χ3n) is 3.54. The zero-order chi connectivity index (χ0) is 16.9.